The average molecular weight is 313 g/mol. The lowest BCUT2D eigenvalue weighted by Gasteiger charge is -2.41. The molecule has 1 aromatic rings. The van der Waals surface area contributed by atoms with Crippen LogP contribution in [0.3, 0.4) is 0 Å². The number of ketones is 1. The Morgan fingerprint density at radius 2 is 1.83 bits per heavy atom. The molecule has 4 rings (SSSR count). The Kier molecular flexibility index (Phi) is 4.02. The lowest BCUT2D eigenvalue weighted by Crippen LogP contribution is -2.46. The Morgan fingerprint density at radius 1 is 1.17 bits per heavy atom. The summed E-state index contributed by atoms with van der Waals surface area (Å²) >= 11 is 0. The quantitative estimate of drug-likeness (QED) is 0.821. The molecule has 1 aliphatic carbocycles. The van der Waals surface area contributed by atoms with E-state index in [0.717, 1.165) is 30.2 Å². The summed E-state index contributed by atoms with van der Waals surface area (Å²) in [6, 6.07) is 11.1. The molecule has 0 amide bonds. The van der Waals surface area contributed by atoms with Crippen molar-refractivity contribution in [1.29, 1.82) is 0 Å². The first-order chi connectivity index (χ1) is 11.2. The van der Waals surface area contributed by atoms with Crippen molar-refractivity contribution in [3.05, 3.63) is 35.9 Å². The summed E-state index contributed by atoms with van der Waals surface area (Å²) in [7, 11) is 2.28. The molecule has 0 aromatic heterocycles. The van der Waals surface area contributed by atoms with Gasteiger partial charge in [-0.05, 0) is 56.9 Å². The molecule has 2 saturated heterocycles. The van der Waals surface area contributed by atoms with Crippen LogP contribution in [0.2, 0.25) is 0 Å². The Labute approximate surface area is 138 Å². The van der Waals surface area contributed by atoms with E-state index in [0.29, 0.717) is 23.8 Å². The lowest BCUT2D eigenvalue weighted by atomic mass is 9.74. The molecule has 3 aliphatic rings. The van der Waals surface area contributed by atoms with Gasteiger partial charge in [0.25, 0.3) is 0 Å². The van der Waals surface area contributed by atoms with Crippen LogP contribution in [0.1, 0.15) is 42.5 Å². The van der Waals surface area contributed by atoms with E-state index < -0.39 is 0 Å². The van der Waals surface area contributed by atoms with E-state index in [1.807, 2.05) is 30.3 Å². The first kappa shape index (κ1) is 15.3. The van der Waals surface area contributed by atoms with Crippen LogP contribution in [0.25, 0.3) is 0 Å². The zero-order valence-corrected chi connectivity index (χ0v) is 13.9. The molecule has 1 N–H and O–H groups in total. The molecule has 1 saturated carbocycles. The summed E-state index contributed by atoms with van der Waals surface area (Å²) in [5, 5.41) is 9.25. The van der Waals surface area contributed by atoms with Gasteiger partial charge >= 0.3 is 0 Å². The van der Waals surface area contributed by atoms with Gasteiger partial charge in [-0.2, -0.15) is 0 Å². The van der Waals surface area contributed by atoms with E-state index >= 15 is 0 Å². The second-order valence-electron chi connectivity index (χ2n) is 7.80. The number of piperidine rings is 2. The van der Waals surface area contributed by atoms with Crippen molar-refractivity contribution in [3.63, 3.8) is 0 Å². The molecule has 1 aromatic carbocycles. The van der Waals surface area contributed by atoms with E-state index in [4.69, 9.17) is 0 Å². The van der Waals surface area contributed by atoms with Crippen molar-refractivity contribution < 1.29 is 9.90 Å². The van der Waals surface area contributed by atoms with Gasteiger partial charge in [0.15, 0.2) is 5.78 Å². The largest absolute Gasteiger partial charge is 0.396 e. The third kappa shape index (κ3) is 2.64. The molecule has 3 nitrogen and oxygen atoms in total. The van der Waals surface area contributed by atoms with Gasteiger partial charge in [0.2, 0.25) is 0 Å². The first-order valence-electron chi connectivity index (χ1n) is 9.12. The zero-order chi connectivity index (χ0) is 16.0. The highest BCUT2D eigenvalue weighted by atomic mass is 16.3. The summed E-state index contributed by atoms with van der Waals surface area (Å²) in [6.07, 6.45) is 5.32. The van der Waals surface area contributed by atoms with Crippen molar-refractivity contribution in [2.24, 2.45) is 23.7 Å². The van der Waals surface area contributed by atoms with Crippen molar-refractivity contribution in [2.75, 3.05) is 13.7 Å². The average Bonchev–Trinajstić information content (AvgIpc) is 3.33. The zero-order valence-electron chi connectivity index (χ0n) is 13.9. The van der Waals surface area contributed by atoms with Crippen LogP contribution in [0.4, 0.5) is 0 Å². The van der Waals surface area contributed by atoms with Gasteiger partial charge in [0.1, 0.15) is 0 Å². The number of aliphatic hydroxyl groups excluding tert-OH is 1. The molecule has 5 atom stereocenters. The summed E-state index contributed by atoms with van der Waals surface area (Å²) in [6.45, 7) is 0.184. The molecule has 0 spiro atoms. The second-order valence-corrected chi connectivity index (χ2v) is 7.80. The molecule has 3 heteroatoms. The van der Waals surface area contributed by atoms with Gasteiger partial charge in [-0.1, -0.05) is 30.3 Å². The van der Waals surface area contributed by atoms with Crippen LogP contribution in [0.5, 0.6) is 0 Å². The smallest absolute Gasteiger partial charge is 0.166 e. The minimum Gasteiger partial charge on any atom is -0.396 e. The van der Waals surface area contributed by atoms with Crippen LogP contribution in [-0.4, -0.2) is 41.5 Å². The minimum atomic E-state index is 0.0840. The van der Waals surface area contributed by atoms with Crippen LogP contribution in [-0.2, 0) is 0 Å². The predicted molar refractivity (Wildman–Crippen MR) is 90.2 cm³/mol. The van der Waals surface area contributed by atoms with Gasteiger partial charge in [-0.15, -0.1) is 0 Å². The predicted octanol–water partition coefficient (Wildman–Crippen LogP) is 2.99. The molecule has 2 bridgehead atoms. The van der Waals surface area contributed by atoms with E-state index in [2.05, 4.69) is 11.9 Å². The molecule has 3 fully saturated rings. The highest BCUT2D eigenvalue weighted by molar-refractivity contribution is 5.98. The fourth-order valence-corrected chi connectivity index (χ4v) is 5.41. The lowest BCUT2D eigenvalue weighted by molar-refractivity contribution is 0.0579. The molecule has 0 radical (unpaired) electrons. The van der Waals surface area contributed by atoms with Crippen molar-refractivity contribution >= 4 is 5.78 Å². The van der Waals surface area contributed by atoms with Gasteiger partial charge in [-0.3, -0.25) is 9.69 Å². The number of rotatable bonds is 6. The monoisotopic (exact) mass is 313 g/mol. The Morgan fingerprint density at radius 3 is 2.43 bits per heavy atom. The molecule has 2 heterocycles. The topological polar surface area (TPSA) is 40.5 Å². The van der Waals surface area contributed by atoms with Crippen molar-refractivity contribution in [2.45, 2.75) is 44.2 Å². The maximum absolute atomic E-state index is 13.1. The van der Waals surface area contributed by atoms with Crippen LogP contribution >= 0.6 is 0 Å². The Bertz CT molecular complexity index is 554. The Balaban J connectivity index is 1.53. The number of carbonyl (C=O) groups is 1. The van der Waals surface area contributed by atoms with Gasteiger partial charge in [-0.25, -0.2) is 0 Å². The highest BCUT2D eigenvalue weighted by Crippen LogP contribution is 2.59. The van der Waals surface area contributed by atoms with Crippen molar-refractivity contribution in [1.82, 2.24) is 4.90 Å². The minimum absolute atomic E-state index is 0.0840. The maximum Gasteiger partial charge on any atom is 0.166 e. The summed E-state index contributed by atoms with van der Waals surface area (Å²) in [5.74, 6) is 2.68. The molecular weight excluding hydrogens is 286 g/mol. The third-order valence-electron chi connectivity index (χ3n) is 6.65. The number of fused-ring (bicyclic) bond motifs is 5. The first-order valence-corrected chi connectivity index (χ1v) is 9.12. The van der Waals surface area contributed by atoms with Crippen LogP contribution < -0.4 is 0 Å². The van der Waals surface area contributed by atoms with Gasteiger partial charge in [0, 0.05) is 30.2 Å². The molecule has 23 heavy (non-hydrogen) atoms. The number of Topliss-reactive ketones (excluding diaryl/α,β-unsaturated/α-hetero) is 1. The van der Waals surface area contributed by atoms with Crippen LogP contribution in [0.15, 0.2) is 30.3 Å². The maximum atomic E-state index is 13.1. The van der Waals surface area contributed by atoms with E-state index in [1.54, 1.807) is 0 Å². The highest BCUT2D eigenvalue weighted by Gasteiger charge is 2.60. The number of hydrogen-bond acceptors (Lipinski definition) is 3. The summed E-state index contributed by atoms with van der Waals surface area (Å²) in [5.41, 5.74) is 0.840. The molecule has 5 unspecified atom stereocenters. The summed E-state index contributed by atoms with van der Waals surface area (Å²) in [4.78, 5) is 15.7. The number of nitrogens with zero attached hydrogens (tertiary/aromatic N) is 1. The van der Waals surface area contributed by atoms with E-state index in [1.165, 1.54) is 19.3 Å². The van der Waals surface area contributed by atoms with Gasteiger partial charge in [0.05, 0.1) is 0 Å². The van der Waals surface area contributed by atoms with E-state index in [-0.39, 0.29) is 12.5 Å². The van der Waals surface area contributed by atoms with Gasteiger partial charge < -0.3 is 5.11 Å². The summed E-state index contributed by atoms with van der Waals surface area (Å²) < 4.78 is 0. The number of carbonyl (C=O) groups excluding carboxylic acids is 1. The van der Waals surface area contributed by atoms with Crippen molar-refractivity contribution in [3.8, 4) is 0 Å². The number of benzene rings is 1. The number of hydrogen-bond donors (Lipinski definition) is 1. The fourth-order valence-electron chi connectivity index (χ4n) is 5.41. The molecule has 2 aliphatic heterocycles. The number of aliphatic hydroxyl groups is 1. The molecular formula is C20H27NO2. The third-order valence-corrected chi connectivity index (χ3v) is 6.65. The second kappa shape index (κ2) is 6.03. The normalized spacial score (nSPS) is 36.5. The Hall–Kier alpha value is -1.19. The van der Waals surface area contributed by atoms with Crippen LogP contribution in [0, 0.1) is 23.7 Å². The molecule has 124 valence electrons. The fraction of sp³-hybridized carbons (Fsp3) is 0.650. The standard InChI is InChI=1S/C20H27NO2/c1-21-18-10-14(11-19(21)17-12-16(17)18)15(8-5-9-22)20(23)13-6-3-2-4-7-13/h2-4,6-7,14-19,22H,5,8-12H2,1H3. The van der Waals surface area contributed by atoms with E-state index in [9.17, 15) is 9.90 Å². The SMILES string of the molecule is CN1C2CC(C(CCCO)C(=O)c3ccccc3)CC1C1CC12.